The zero-order valence-electron chi connectivity index (χ0n) is 9.44. The molecule has 0 radical (unpaired) electrons. The van der Waals surface area contributed by atoms with E-state index in [1.165, 1.54) is 10.4 Å². The van der Waals surface area contributed by atoms with E-state index in [1.807, 2.05) is 6.08 Å². The summed E-state index contributed by atoms with van der Waals surface area (Å²) in [6, 6.07) is 2.28. The molecule has 1 aliphatic rings. The van der Waals surface area contributed by atoms with Gasteiger partial charge in [0, 0.05) is 18.8 Å². The molecular formula is C11H12ClFN2O2S. The van der Waals surface area contributed by atoms with Gasteiger partial charge in [-0.2, -0.15) is 4.31 Å². The van der Waals surface area contributed by atoms with Crippen molar-refractivity contribution in [1.82, 2.24) is 4.31 Å². The quantitative estimate of drug-likeness (QED) is 0.669. The molecule has 1 aromatic carbocycles. The molecule has 0 saturated heterocycles. The first-order valence-corrected chi connectivity index (χ1v) is 7.14. The zero-order chi connectivity index (χ0) is 13.3. The number of sulfonamides is 1. The molecule has 98 valence electrons. The highest BCUT2D eigenvalue weighted by atomic mass is 35.5. The van der Waals surface area contributed by atoms with Crippen LogP contribution in [0.4, 0.5) is 10.1 Å². The van der Waals surface area contributed by atoms with Gasteiger partial charge >= 0.3 is 0 Å². The maximum Gasteiger partial charge on any atom is 0.246 e. The molecule has 1 aliphatic heterocycles. The summed E-state index contributed by atoms with van der Waals surface area (Å²) >= 11 is 5.61. The minimum absolute atomic E-state index is 0.118. The van der Waals surface area contributed by atoms with Gasteiger partial charge in [-0.25, -0.2) is 12.8 Å². The lowest BCUT2D eigenvalue weighted by atomic mass is 10.3. The average Bonchev–Trinajstić information content (AvgIpc) is 2.34. The molecule has 4 nitrogen and oxygen atoms in total. The lowest BCUT2D eigenvalue weighted by Gasteiger charge is -2.23. The molecule has 2 N–H and O–H groups in total. The van der Waals surface area contributed by atoms with E-state index in [2.05, 4.69) is 0 Å². The first kappa shape index (κ1) is 13.3. The van der Waals surface area contributed by atoms with Gasteiger partial charge in [-0.1, -0.05) is 23.8 Å². The van der Waals surface area contributed by atoms with Gasteiger partial charge in [0.25, 0.3) is 0 Å². The van der Waals surface area contributed by atoms with Gasteiger partial charge in [-0.05, 0) is 18.6 Å². The monoisotopic (exact) mass is 290 g/mol. The number of nitrogen functional groups attached to an aromatic ring is 1. The molecule has 0 amide bonds. The second-order valence-corrected chi connectivity index (χ2v) is 6.25. The second kappa shape index (κ2) is 4.87. The highest BCUT2D eigenvalue weighted by Gasteiger charge is 2.28. The van der Waals surface area contributed by atoms with Crippen molar-refractivity contribution in [2.75, 3.05) is 18.8 Å². The Bertz CT molecular complexity index is 601. The molecule has 0 saturated carbocycles. The van der Waals surface area contributed by atoms with Crippen molar-refractivity contribution >= 4 is 27.3 Å². The highest BCUT2D eigenvalue weighted by Crippen LogP contribution is 2.28. The Morgan fingerprint density at radius 1 is 1.33 bits per heavy atom. The topological polar surface area (TPSA) is 63.4 Å². The molecule has 0 aromatic heterocycles. The number of anilines is 1. The third kappa shape index (κ3) is 2.36. The number of hydrogen-bond donors (Lipinski definition) is 1. The summed E-state index contributed by atoms with van der Waals surface area (Å²) in [6.45, 7) is 0.554. The van der Waals surface area contributed by atoms with Crippen molar-refractivity contribution in [3.63, 3.8) is 0 Å². The van der Waals surface area contributed by atoms with Gasteiger partial charge < -0.3 is 5.73 Å². The minimum atomic E-state index is -3.90. The van der Waals surface area contributed by atoms with Gasteiger partial charge in [-0.3, -0.25) is 0 Å². The van der Waals surface area contributed by atoms with Gasteiger partial charge in [-0.15, -0.1) is 0 Å². The Morgan fingerprint density at radius 2 is 2.06 bits per heavy atom. The first-order valence-electron chi connectivity index (χ1n) is 5.32. The van der Waals surface area contributed by atoms with Crippen LogP contribution in [0.5, 0.6) is 0 Å². The predicted molar refractivity (Wildman–Crippen MR) is 68.3 cm³/mol. The van der Waals surface area contributed by atoms with Crippen LogP contribution < -0.4 is 5.73 Å². The molecule has 2 rings (SSSR count). The molecular weight excluding hydrogens is 279 g/mol. The molecule has 18 heavy (non-hydrogen) atoms. The fraction of sp³-hybridized carbons (Fsp3) is 0.273. The smallest absolute Gasteiger partial charge is 0.246 e. The molecule has 0 bridgehead atoms. The van der Waals surface area contributed by atoms with Crippen LogP contribution in [-0.4, -0.2) is 25.8 Å². The van der Waals surface area contributed by atoms with Gasteiger partial charge in [0.15, 0.2) is 5.82 Å². The van der Waals surface area contributed by atoms with Crippen molar-refractivity contribution in [2.24, 2.45) is 0 Å². The Morgan fingerprint density at radius 3 is 2.67 bits per heavy atom. The first-order chi connectivity index (χ1) is 8.43. The van der Waals surface area contributed by atoms with Crippen molar-refractivity contribution in [1.29, 1.82) is 0 Å². The Labute approximate surface area is 110 Å². The maximum atomic E-state index is 13.8. The molecule has 0 fully saturated rings. The van der Waals surface area contributed by atoms with E-state index >= 15 is 0 Å². The number of hydrogen-bond acceptors (Lipinski definition) is 3. The van der Waals surface area contributed by atoms with Crippen LogP contribution in [0, 0.1) is 5.82 Å². The molecule has 0 aliphatic carbocycles. The summed E-state index contributed by atoms with van der Waals surface area (Å²) in [5.41, 5.74) is 5.62. The van der Waals surface area contributed by atoms with Crippen LogP contribution >= 0.6 is 11.6 Å². The normalized spacial score (nSPS) is 17.0. The molecule has 1 aromatic rings. The van der Waals surface area contributed by atoms with Crippen molar-refractivity contribution in [2.45, 2.75) is 11.3 Å². The minimum Gasteiger partial charge on any atom is -0.399 e. The third-order valence-corrected chi connectivity index (χ3v) is 4.80. The summed E-state index contributed by atoms with van der Waals surface area (Å²) in [5, 5.41) is -0.291. The van der Waals surface area contributed by atoms with Crippen molar-refractivity contribution in [3.8, 4) is 0 Å². The predicted octanol–water partition coefficient (Wildman–Crippen LogP) is 2.01. The van der Waals surface area contributed by atoms with Crippen molar-refractivity contribution < 1.29 is 12.8 Å². The standard InChI is InChI=1S/C11H12ClFN2O2S/c12-9-6-8(14)7-10(11(9)13)18(16,17)15-4-2-1-3-5-15/h1-2,6-7H,3-5,14H2. The summed E-state index contributed by atoms with van der Waals surface area (Å²) < 4.78 is 39.5. The van der Waals surface area contributed by atoms with Crippen LogP contribution in [0.2, 0.25) is 5.02 Å². The summed E-state index contributed by atoms with van der Waals surface area (Å²) in [5.74, 6) is -0.958. The van der Waals surface area contributed by atoms with Gasteiger partial charge in [0.05, 0.1) is 5.02 Å². The molecule has 0 spiro atoms. The average molecular weight is 291 g/mol. The van der Waals surface area contributed by atoms with E-state index in [0.29, 0.717) is 13.0 Å². The van der Waals surface area contributed by atoms with Gasteiger partial charge in [0.2, 0.25) is 10.0 Å². The molecule has 1 heterocycles. The number of benzene rings is 1. The summed E-state index contributed by atoms with van der Waals surface area (Å²) in [4.78, 5) is -0.470. The van der Waals surface area contributed by atoms with E-state index in [1.54, 1.807) is 6.08 Å². The summed E-state index contributed by atoms with van der Waals surface area (Å²) in [6.07, 6.45) is 4.22. The molecule has 7 heteroatoms. The van der Waals surface area contributed by atoms with Crippen LogP contribution in [0.25, 0.3) is 0 Å². The lowest BCUT2D eigenvalue weighted by molar-refractivity contribution is 0.433. The SMILES string of the molecule is Nc1cc(Cl)c(F)c(S(=O)(=O)N2CC=CCC2)c1. The van der Waals surface area contributed by atoms with E-state index in [0.717, 1.165) is 6.07 Å². The van der Waals surface area contributed by atoms with Crippen LogP contribution in [0.3, 0.4) is 0 Å². The number of halogens is 2. The number of nitrogens with two attached hydrogens (primary N) is 1. The number of rotatable bonds is 2. The largest absolute Gasteiger partial charge is 0.399 e. The van der Waals surface area contributed by atoms with E-state index in [4.69, 9.17) is 17.3 Å². The lowest BCUT2D eigenvalue weighted by Crippen LogP contribution is -2.34. The fourth-order valence-corrected chi connectivity index (χ4v) is 3.56. The Hall–Kier alpha value is -1.11. The van der Waals surface area contributed by atoms with Crippen LogP contribution in [0.15, 0.2) is 29.2 Å². The fourth-order valence-electron chi connectivity index (χ4n) is 1.75. The van der Waals surface area contributed by atoms with E-state index in [-0.39, 0.29) is 17.3 Å². The third-order valence-electron chi connectivity index (χ3n) is 2.66. The van der Waals surface area contributed by atoms with Crippen LogP contribution in [0.1, 0.15) is 6.42 Å². The molecule has 0 atom stereocenters. The van der Waals surface area contributed by atoms with E-state index in [9.17, 15) is 12.8 Å². The van der Waals surface area contributed by atoms with Gasteiger partial charge in [0.1, 0.15) is 4.90 Å². The Balaban J connectivity index is 2.50. The Kier molecular flexibility index (Phi) is 3.61. The van der Waals surface area contributed by atoms with Crippen LogP contribution in [-0.2, 0) is 10.0 Å². The number of nitrogens with zero attached hydrogens (tertiary/aromatic N) is 1. The maximum absolute atomic E-state index is 13.8. The second-order valence-electron chi connectivity index (χ2n) is 3.94. The van der Waals surface area contributed by atoms with E-state index < -0.39 is 20.7 Å². The molecule has 0 unspecified atom stereocenters. The zero-order valence-corrected chi connectivity index (χ0v) is 11.0. The van der Waals surface area contributed by atoms with Crippen molar-refractivity contribution in [3.05, 3.63) is 35.1 Å². The summed E-state index contributed by atoms with van der Waals surface area (Å²) in [7, 11) is -3.90. The highest BCUT2D eigenvalue weighted by molar-refractivity contribution is 7.89.